The van der Waals surface area contributed by atoms with Crippen molar-refractivity contribution in [2.24, 2.45) is 0 Å². The summed E-state index contributed by atoms with van der Waals surface area (Å²) in [5.74, 6) is 0. The molecule has 2 atom stereocenters. The van der Waals surface area contributed by atoms with Gasteiger partial charge >= 0.3 is 0 Å². The van der Waals surface area contributed by atoms with Crippen LogP contribution in [0.1, 0.15) is 32.4 Å². The molecule has 112 valence electrons. The van der Waals surface area contributed by atoms with Gasteiger partial charge in [0.05, 0.1) is 17.2 Å². The second-order valence-corrected chi connectivity index (χ2v) is 6.54. The van der Waals surface area contributed by atoms with Gasteiger partial charge in [0.1, 0.15) is 11.0 Å². The van der Waals surface area contributed by atoms with E-state index in [4.69, 9.17) is 0 Å². The van der Waals surface area contributed by atoms with Gasteiger partial charge in [-0.15, -0.1) is 0 Å². The number of rotatable bonds is 0. The normalized spacial score (nSPS) is 20.4. The fraction of sp³-hybridized carbons (Fsp3) is 0.263. The monoisotopic (exact) mass is 302 g/mol. The van der Waals surface area contributed by atoms with E-state index in [0.29, 0.717) is 12.1 Å². The molecule has 0 bridgehead atoms. The Morgan fingerprint density at radius 2 is 1.30 bits per heavy atom. The molecule has 4 aromatic rings. The van der Waals surface area contributed by atoms with Gasteiger partial charge in [0.15, 0.2) is 24.5 Å². The minimum absolute atomic E-state index is 0.450. The second kappa shape index (κ2) is 4.44. The summed E-state index contributed by atoms with van der Waals surface area (Å²) in [7, 11) is 0. The molecular weight excluding hydrogens is 284 g/mol. The lowest BCUT2D eigenvalue weighted by Gasteiger charge is -2.06. The Morgan fingerprint density at radius 3 is 1.78 bits per heavy atom. The van der Waals surface area contributed by atoms with Crippen molar-refractivity contribution < 1.29 is 9.13 Å². The van der Waals surface area contributed by atoms with Crippen LogP contribution in [0.3, 0.4) is 0 Å². The molecule has 0 spiro atoms. The Morgan fingerprint density at radius 1 is 0.826 bits per heavy atom. The SMILES string of the molecule is CC1CC(C)[n+]2cccc3c4nccnc4c4ccc[n+]1c4c32. The summed E-state index contributed by atoms with van der Waals surface area (Å²) in [5, 5.41) is 2.37. The van der Waals surface area contributed by atoms with Crippen LogP contribution in [0.25, 0.3) is 32.8 Å². The van der Waals surface area contributed by atoms with Gasteiger partial charge in [-0.1, -0.05) is 0 Å². The van der Waals surface area contributed by atoms with Gasteiger partial charge in [-0.05, 0) is 26.0 Å². The maximum absolute atomic E-state index is 4.64. The highest BCUT2D eigenvalue weighted by Gasteiger charge is 2.35. The third kappa shape index (κ3) is 1.61. The topological polar surface area (TPSA) is 33.5 Å². The summed E-state index contributed by atoms with van der Waals surface area (Å²) < 4.78 is 4.82. The molecule has 1 aliphatic heterocycles. The molecule has 3 aromatic heterocycles. The maximum Gasteiger partial charge on any atom is 0.287 e. The van der Waals surface area contributed by atoms with Crippen LogP contribution in [-0.4, -0.2) is 9.97 Å². The first-order valence-corrected chi connectivity index (χ1v) is 8.16. The van der Waals surface area contributed by atoms with Gasteiger partial charge < -0.3 is 0 Å². The van der Waals surface area contributed by atoms with Gasteiger partial charge in [-0.3, -0.25) is 9.97 Å². The van der Waals surface area contributed by atoms with E-state index in [2.05, 4.69) is 69.6 Å². The van der Waals surface area contributed by atoms with Crippen molar-refractivity contribution in [2.75, 3.05) is 0 Å². The Hall–Kier alpha value is -2.62. The van der Waals surface area contributed by atoms with Gasteiger partial charge in [0.2, 0.25) is 0 Å². The van der Waals surface area contributed by atoms with Crippen LogP contribution in [-0.2, 0) is 0 Å². The molecule has 23 heavy (non-hydrogen) atoms. The maximum atomic E-state index is 4.64. The predicted molar refractivity (Wildman–Crippen MR) is 89.0 cm³/mol. The molecule has 0 N–H and O–H groups in total. The van der Waals surface area contributed by atoms with Crippen molar-refractivity contribution in [2.45, 2.75) is 32.4 Å². The van der Waals surface area contributed by atoms with Crippen molar-refractivity contribution in [3.05, 3.63) is 49.1 Å². The molecule has 1 aliphatic rings. The van der Waals surface area contributed by atoms with Gasteiger partial charge in [-0.2, -0.15) is 9.13 Å². The molecule has 1 aromatic carbocycles. The number of benzene rings is 1. The highest BCUT2D eigenvalue weighted by atomic mass is 15.1. The van der Waals surface area contributed by atoms with E-state index in [9.17, 15) is 0 Å². The van der Waals surface area contributed by atoms with Gasteiger partial charge in [0.25, 0.3) is 11.0 Å². The first kappa shape index (κ1) is 12.9. The molecule has 4 heterocycles. The van der Waals surface area contributed by atoms with Crippen LogP contribution < -0.4 is 9.13 Å². The lowest BCUT2D eigenvalue weighted by Crippen LogP contribution is -2.39. The Labute approximate surface area is 134 Å². The smallest absolute Gasteiger partial charge is 0.252 e. The van der Waals surface area contributed by atoms with Gasteiger partial charge in [0, 0.05) is 24.5 Å². The lowest BCUT2D eigenvalue weighted by molar-refractivity contribution is -0.711. The minimum Gasteiger partial charge on any atom is -0.252 e. The molecule has 0 saturated carbocycles. The number of hydrogen-bond acceptors (Lipinski definition) is 2. The van der Waals surface area contributed by atoms with E-state index in [1.54, 1.807) is 12.4 Å². The molecule has 2 unspecified atom stereocenters. The highest BCUT2D eigenvalue weighted by Crippen LogP contribution is 2.32. The quantitative estimate of drug-likeness (QED) is 0.369. The molecule has 4 nitrogen and oxygen atoms in total. The second-order valence-electron chi connectivity index (χ2n) is 6.54. The Balaban J connectivity index is 2.19. The van der Waals surface area contributed by atoms with Crippen LogP contribution >= 0.6 is 0 Å². The molecular formula is C19H18N4+2. The minimum atomic E-state index is 0.450. The summed E-state index contributed by atoms with van der Waals surface area (Å²) in [6, 6.07) is 9.49. The Kier molecular flexibility index (Phi) is 2.49. The van der Waals surface area contributed by atoms with Crippen LogP contribution in [0.5, 0.6) is 0 Å². The molecule has 4 heteroatoms. The largest absolute Gasteiger partial charge is 0.287 e. The third-order valence-electron chi connectivity index (χ3n) is 5.11. The summed E-state index contributed by atoms with van der Waals surface area (Å²) in [6.45, 7) is 4.60. The van der Waals surface area contributed by atoms with Crippen molar-refractivity contribution in [1.82, 2.24) is 9.97 Å². The fourth-order valence-corrected chi connectivity index (χ4v) is 4.12. The summed E-state index contributed by atoms with van der Waals surface area (Å²) in [4.78, 5) is 9.29. The molecule has 0 fully saturated rings. The molecule has 5 rings (SSSR count). The number of fused-ring (bicyclic) bond motifs is 3. The van der Waals surface area contributed by atoms with E-state index >= 15 is 0 Å². The zero-order valence-electron chi connectivity index (χ0n) is 13.3. The molecule has 0 aliphatic carbocycles. The zero-order valence-corrected chi connectivity index (χ0v) is 13.3. The van der Waals surface area contributed by atoms with Crippen LogP contribution in [0.15, 0.2) is 49.1 Å². The van der Waals surface area contributed by atoms with Crippen LogP contribution in [0.2, 0.25) is 0 Å². The first-order chi connectivity index (χ1) is 11.3. The third-order valence-corrected chi connectivity index (χ3v) is 5.11. The average molecular weight is 302 g/mol. The van der Waals surface area contributed by atoms with E-state index in [1.165, 1.54) is 21.8 Å². The molecule has 0 saturated heterocycles. The highest BCUT2D eigenvalue weighted by molar-refractivity contribution is 6.18. The van der Waals surface area contributed by atoms with E-state index in [0.717, 1.165) is 17.5 Å². The summed E-state index contributed by atoms with van der Waals surface area (Å²) in [6.07, 6.45) is 9.08. The zero-order chi connectivity index (χ0) is 15.6. The van der Waals surface area contributed by atoms with Crippen molar-refractivity contribution >= 4 is 32.8 Å². The number of pyridine rings is 2. The lowest BCUT2D eigenvalue weighted by atomic mass is 10.1. The van der Waals surface area contributed by atoms with E-state index < -0.39 is 0 Å². The molecule has 0 amide bonds. The van der Waals surface area contributed by atoms with Crippen LogP contribution in [0, 0.1) is 0 Å². The fourth-order valence-electron chi connectivity index (χ4n) is 4.12. The van der Waals surface area contributed by atoms with E-state index in [-0.39, 0.29) is 0 Å². The van der Waals surface area contributed by atoms with Crippen LogP contribution in [0.4, 0.5) is 0 Å². The predicted octanol–water partition coefficient (Wildman–Crippen LogP) is 3.04. The summed E-state index contributed by atoms with van der Waals surface area (Å²) >= 11 is 0. The van der Waals surface area contributed by atoms with E-state index in [1.807, 2.05) is 0 Å². The van der Waals surface area contributed by atoms with Gasteiger partial charge in [-0.25, -0.2) is 0 Å². The van der Waals surface area contributed by atoms with Crippen molar-refractivity contribution in [3.63, 3.8) is 0 Å². The number of hydrogen-bond donors (Lipinski definition) is 0. The summed E-state index contributed by atoms with van der Waals surface area (Å²) in [5.41, 5.74) is 4.52. The van der Waals surface area contributed by atoms with Crippen molar-refractivity contribution in [1.29, 1.82) is 0 Å². The standard InChI is InChI=1S/C19H18N4/c1-12-11-13(2)23-10-4-6-15-17-16(20-7-8-21-17)14-5-3-9-22(12)18(14)19(15)23/h3-10,12-13H,11H2,1-2H3/q+2. The molecule has 0 radical (unpaired) electrons. The first-order valence-electron chi connectivity index (χ1n) is 8.16. The number of aromatic nitrogens is 4. The number of nitrogens with zero attached hydrogens (tertiary/aromatic N) is 4. The average Bonchev–Trinajstić information content (AvgIpc) is 2.70. The van der Waals surface area contributed by atoms with Crippen molar-refractivity contribution in [3.8, 4) is 0 Å². The Bertz CT molecular complexity index is 1000.